The highest BCUT2D eigenvalue weighted by atomic mass is 32.2. The van der Waals surface area contributed by atoms with Gasteiger partial charge in [0, 0.05) is 17.5 Å². The van der Waals surface area contributed by atoms with Crippen LogP contribution in [0.4, 0.5) is 0 Å². The Morgan fingerprint density at radius 2 is 2.12 bits per heavy atom. The molecule has 0 spiro atoms. The number of benzene rings is 1. The first-order valence-corrected chi connectivity index (χ1v) is 9.01. The van der Waals surface area contributed by atoms with Crippen LogP contribution < -0.4 is 5.56 Å². The van der Waals surface area contributed by atoms with Crippen molar-refractivity contribution in [3.8, 4) is 11.1 Å². The molecule has 3 aromatic rings. The molecule has 2 heterocycles. The van der Waals surface area contributed by atoms with Gasteiger partial charge in [0.15, 0.2) is 5.16 Å². The average Bonchev–Trinajstić information content (AvgIpc) is 3.01. The maximum Gasteiger partial charge on any atom is 0.313 e. The van der Waals surface area contributed by atoms with Crippen LogP contribution in [0.25, 0.3) is 21.3 Å². The smallest absolute Gasteiger partial charge is 0.313 e. The monoisotopic (exact) mass is 358 g/mol. The molecular formula is C17H14N2O3S2. The molecule has 0 amide bonds. The van der Waals surface area contributed by atoms with E-state index in [0.29, 0.717) is 15.4 Å². The molecule has 2 aromatic heterocycles. The summed E-state index contributed by atoms with van der Waals surface area (Å²) in [5.74, 6) is -1.10. The van der Waals surface area contributed by atoms with E-state index in [1.807, 2.05) is 35.7 Å². The zero-order valence-corrected chi connectivity index (χ0v) is 14.3. The normalized spacial score (nSPS) is 10.8. The number of aliphatic carboxylic acids is 1. The second-order valence-electron chi connectivity index (χ2n) is 4.98. The number of hydrogen-bond donors (Lipinski definition) is 1. The van der Waals surface area contributed by atoms with Gasteiger partial charge in [-0.05, 0) is 5.56 Å². The molecule has 0 aliphatic carbocycles. The summed E-state index contributed by atoms with van der Waals surface area (Å²) in [4.78, 5) is 28.9. The molecule has 3 rings (SSSR count). The largest absolute Gasteiger partial charge is 0.481 e. The fraction of sp³-hybridized carbons (Fsp3) is 0.118. The topological polar surface area (TPSA) is 72.2 Å². The number of rotatable bonds is 6. The number of allylic oxidation sites excluding steroid dienone is 1. The Bertz CT molecular complexity index is 961. The van der Waals surface area contributed by atoms with Crippen LogP contribution in [0.2, 0.25) is 0 Å². The molecule has 24 heavy (non-hydrogen) atoms. The highest BCUT2D eigenvalue weighted by molar-refractivity contribution is 7.99. The molecule has 0 unspecified atom stereocenters. The van der Waals surface area contributed by atoms with Crippen LogP contribution in [-0.4, -0.2) is 26.4 Å². The summed E-state index contributed by atoms with van der Waals surface area (Å²) in [5, 5.41) is 11.8. The van der Waals surface area contributed by atoms with E-state index in [1.165, 1.54) is 15.9 Å². The minimum absolute atomic E-state index is 0.147. The third kappa shape index (κ3) is 3.13. The fourth-order valence-corrected chi connectivity index (χ4v) is 4.08. The predicted octanol–water partition coefficient (Wildman–Crippen LogP) is 3.49. The number of nitrogens with zero attached hydrogens (tertiary/aromatic N) is 2. The number of carboxylic acid groups (broad SMARTS) is 1. The summed E-state index contributed by atoms with van der Waals surface area (Å²) < 4.78 is 1.47. The van der Waals surface area contributed by atoms with Crippen LogP contribution in [0, 0.1) is 0 Å². The van der Waals surface area contributed by atoms with E-state index in [4.69, 9.17) is 5.11 Å². The van der Waals surface area contributed by atoms with Crippen LogP contribution >= 0.6 is 23.1 Å². The summed E-state index contributed by atoms with van der Waals surface area (Å²) in [6.45, 7) is 3.96. The van der Waals surface area contributed by atoms with Crippen molar-refractivity contribution in [3.05, 3.63) is 58.7 Å². The SMILES string of the molecule is C=CCn1c(SCC(=O)O)nc2scc(-c3ccccc3)c2c1=O. The van der Waals surface area contributed by atoms with E-state index < -0.39 is 5.97 Å². The molecule has 0 radical (unpaired) electrons. The fourth-order valence-electron chi connectivity index (χ4n) is 2.36. The van der Waals surface area contributed by atoms with Crippen LogP contribution in [0.5, 0.6) is 0 Å². The number of hydrogen-bond acceptors (Lipinski definition) is 5. The molecule has 0 atom stereocenters. The minimum Gasteiger partial charge on any atom is -0.481 e. The Kier molecular flexibility index (Phi) is 4.82. The molecule has 7 heteroatoms. The summed E-state index contributed by atoms with van der Waals surface area (Å²) in [6, 6.07) is 9.67. The lowest BCUT2D eigenvalue weighted by Gasteiger charge is -2.09. The van der Waals surface area contributed by atoms with Crippen molar-refractivity contribution in [1.29, 1.82) is 0 Å². The summed E-state index contributed by atoms with van der Waals surface area (Å²) >= 11 is 2.43. The van der Waals surface area contributed by atoms with Gasteiger partial charge in [0.25, 0.3) is 5.56 Å². The maximum atomic E-state index is 13.0. The lowest BCUT2D eigenvalue weighted by molar-refractivity contribution is -0.133. The van der Waals surface area contributed by atoms with Crippen LogP contribution in [0.15, 0.2) is 58.3 Å². The van der Waals surface area contributed by atoms with Crippen molar-refractivity contribution < 1.29 is 9.90 Å². The summed E-state index contributed by atoms with van der Waals surface area (Å²) in [7, 11) is 0. The van der Waals surface area contributed by atoms with Crippen molar-refractivity contribution in [1.82, 2.24) is 9.55 Å². The molecule has 0 saturated carbocycles. The highest BCUT2D eigenvalue weighted by Crippen LogP contribution is 2.32. The van der Waals surface area contributed by atoms with Crippen molar-refractivity contribution >= 4 is 39.3 Å². The second kappa shape index (κ2) is 7.02. The molecule has 0 fully saturated rings. The van der Waals surface area contributed by atoms with Gasteiger partial charge < -0.3 is 5.11 Å². The first-order chi connectivity index (χ1) is 11.6. The molecule has 0 aliphatic rings. The van der Waals surface area contributed by atoms with Gasteiger partial charge in [-0.15, -0.1) is 17.9 Å². The van der Waals surface area contributed by atoms with Gasteiger partial charge in [0.2, 0.25) is 0 Å². The van der Waals surface area contributed by atoms with Crippen LogP contribution in [0.1, 0.15) is 0 Å². The standard InChI is InChI=1S/C17H14N2O3S2/c1-2-8-19-16(22)14-12(11-6-4-3-5-7-11)9-23-15(14)18-17(19)24-10-13(20)21/h2-7,9H,1,8,10H2,(H,20,21). The van der Waals surface area contributed by atoms with Crippen molar-refractivity contribution in [2.45, 2.75) is 11.7 Å². The van der Waals surface area contributed by atoms with Gasteiger partial charge in [-0.25, -0.2) is 4.98 Å². The number of thioether (sulfide) groups is 1. The Morgan fingerprint density at radius 1 is 1.38 bits per heavy atom. The number of aromatic nitrogens is 2. The number of thiophene rings is 1. The van der Waals surface area contributed by atoms with Crippen LogP contribution in [-0.2, 0) is 11.3 Å². The van der Waals surface area contributed by atoms with E-state index in [-0.39, 0.29) is 17.9 Å². The first kappa shape index (κ1) is 16.5. The molecule has 0 saturated heterocycles. The summed E-state index contributed by atoms with van der Waals surface area (Å²) in [5.41, 5.74) is 1.63. The molecule has 0 bridgehead atoms. The zero-order chi connectivity index (χ0) is 17.1. The Hall–Kier alpha value is -2.38. The lowest BCUT2D eigenvalue weighted by atomic mass is 10.1. The maximum absolute atomic E-state index is 13.0. The zero-order valence-electron chi connectivity index (χ0n) is 12.6. The van der Waals surface area contributed by atoms with Gasteiger partial charge in [-0.2, -0.15) is 0 Å². The predicted molar refractivity (Wildman–Crippen MR) is 97.9 cm³/mol. The Balaban J connectivity index is 2.20. The molecule has 0 aliphatic heterocycles. The van der Waals surface area contributed by atoms with E-state index in [0.717, 1.165) is 22.9 Å². The number of fused-ring (bicyclic) bond motifs is 1. The van der Waals surface area contributed by atoms with E-state index in [9.17, 15) is 9.59 Å². The first-order valence-electron chi connectivity index (χ1n) is 7.14. The molecule has 1 N–H and O–H groups in total. The van der Waals surface area contributed by atoms with Gasteiger partial charge in [0.05, 0.1) is 11.1 Å². The van der Waals surface area contributed by atoms with E-state index in [2.05, 4.69) is 11.6 Å². The van der Waals surface area contributed by atoms with Gasteiger partial charge >= 0.3 is 5.97 Å². The quantitative estimate of drug-likeness (QED) is 0.415. The van der Waals surface area contributed by atoms with Gasteiger partial charge in [0.1, 0.15) is 4.83 Å². The molecule has 122 valence electrons. The lowest BCUT2D eigenvalue weighted by Crippen LogP contribution is -2.23. The average molecular weight is 358 g/mol. The summed E-state index contributed by atoms with van der Waals surface area (Å²) in [6.07, 6.45) is 1.61. The Labute approximate surface area is 146 Å². The second-order valence-corrected chi connectivity index (χ2v) is 6.78. The Morgan fingerprint density at radius 3 is 2.79 bits per heavy atom. The third-order valence-corrected chi connectivity index (χ3v) is 5.21. The number of carboxylic acids is 1. The van der Waals surface area contributed by atoms with E-state index >= 15 is 0 Å². The van der Waals surface area contributed by atoms with Crippen molar-refractivity contribution in [2.75, 3.05) is 5.75 Å². The van der Waals surface area contributed by atoms with Crippen molar-refractivity contribution in [2.24, 2.45) is 0 Å². The third-order valence-electron chi connectivity index (χ3n) is 3.38. The number of carbonyl (C=O) groups is 1. The van der Waals surface area contributed by atoms with Crippen LogP contribution in [0.3, 0.4) is 0 Å². The molecular weight excluding hydrogens is 344 g/mol. The van der Waals surface area contributed by atoms with Gasteiger partial charge in [-0.1, -0.05) is 48.2 Å². The van der Waals surface area contributed by atoms with E-state index in [1.54, 1.807) is 6.08 Å². The molecule has 1 aromatic carbocycles. The van der Waals surface area contributed by atoms with Crippen molar-refractivity contribution in [3.63, 3.8) is 0 Å². The highest BCUT2D eigenvalue weighted by Gasteiger charge is 2.17. The molecule has 5 nitrogen and oxygen atoms in total. The van der Waals surface area contributed by atoms with Gasteiger partial charge in [-0.3, -0.25) is 14.2 Å². The minimum atomic E-state index is -0.948.